The molecule has 126 valence electrons. The molecule has 23 heavy (non-hydrogen) atoms. The van der Waals surface area contributed by atoms with Gasteiger partial charge in [0.1, 0.15) is 5.54 Å². The molecule has 2 N–H and O–H groups in total. The van der Waals surface area contributed by atoms with E-state index in [1.165, 1.54) is 24.3 Å². The van der Waals surface area contributed by atoms with Crippen LogP contribution >= 0.6 is 0 Å². The van der Waals surface area contributed by atoms with Crippen molar-refractivity contribution in [3.8, 4) is 0 Å². The molecule has 1 saturated carbocycles. The van der Waals surface area contributed by atoms with Crippen molar-refractivity contribution in [2.75, 3.05) is 5.75 Å². The molecule has 0 atom stereocenters. The van der Waals surface area contributed by atoms with Gasteiger partial charge in [-0.15, -0.1) is 0 Å². The maximum absolute atomic E-state index is 12.2. The Morgan fingerprint density at radius 3 is 2.26 bits per heavy atom. The molecule has 1 amide bonds. The smallest absolute Gasteiger partial charge is 0.329 e. The first-order chi connectivity index (χ1) is 10.8. The lowest BCUT2D eigenvalue weighted by molar-refractivity contribution is -0.148. The van der Waals surface area contributed by atoms with Crippen molar-refractivity contribution in [3.05, 3.63) is 29.8 Å². The van der Waals surface area contributed by atoms with E-state index in [-0.39, 0.29) is 16.2 Å². The van der Waals surface area contributed by atoms with Crippen LogP contribution in [0.25, 0.3) is 0 Å². The van der Waals surface area contributed by atoms with E-state index in [0.717, 1.165) is 12.8 Å². The van der Waals surface area contributed by atoms with E-state index in [1.807, 2.05) is 6.92 Å². The van der Waals surface area contributed by atoms with Gasteiger partial charge in [0.15, 0.2) is 9.84 Å². The van der Waals surface area contributed by atoms with Crippen molar-refractivity contribution in [2.45, 2.75) is 49.5 Å². The number of nitrogens with one attached hydrogen (secondary N) is 1. The summed E-state index contributed by atoms with van der Waals surface area (Å²) >= 11 is 0. The van der Waals surface area contributed by atoms with Crippen LogP contribution in [0, 0.1) is 0 Å². The number of carboxylic acid groups (broad SMARTS) is 1. The van der Waals surface area contributed by atoms with Gasteiger partial charge in [-0.3, -0.25) is 4.79 Å². The molecule has 0 bridgehead atoms. The first-order valence-corrected chi connectivity index (χ1v) is 9.35. The molecular weight excluding hydrogens is 318 g/mol. The molecule has 1 aliphatic carbocycles. The number of unbranched alkanes of at least 4 members (excludes halogenated alkanes) is 1. The van der Waals surface area contributed by atoms with Gasteiger partial charge < -0.3 is 10.4 Å². The Kier molecular flexibility index (Phi) is 5.09. The largest absolute Gasteiger partial charge is 0.480 e. The molecule has 0 radical (unpaired) electrons. The lowest BCUT2D eigenvalue weighted by atomic mass is 9.76. The highest BCUT2D eigenvalue weighted by molar-refractivity contribution is 7.91. The van der Waals surface area contributed by atoms with Gasteiger partial charge in [0.2, 0.25) is 0 Å². The number of sulfone groups is 1. The summed E-state index contributed by atoms with van der Waals surface area (Å²) < 4.78 is 24.1. The van der Waals surface area contributed by atoms with Crippen LogP contribution in [-0.4, -0.2) is 36.7 Å². The molecule has 1 aromatic rings. The molecule has 7 heteroatoms. The number of aliphatic carboxylic acids is 1. The zero-order valence-electron chi connectivity index (χ0n) is 13.0. The van der Waals surface area contributed by atoms with Crippen molar-refractivity contribution in [1.29, 1.82) is 0 Å². The Bertz CT molecular complexity index is 690. The molecule has 1 aliphatic rings. The Morgan fingerprint density at radius 2 is 1.83 bits per heavy atom. The number of hydrogen-bond acceptors (Lipinski definition) is 4. The molecule has 6 nitrogen and oxygen atoms in total. The van der Waals surface area contributed by atoms with Gasteiger partial charge in [0, 0.05) is 5.56 Å². The third-order valence-electron chi connectivity index (χ3n) is 4.21. The van der Waals surface area contributed by atoms with Gasteiger partial charge in [0.25, 0.3) is 5.91 Å². The maximum Gasteiger partial charge on any atom is 0.329 e. The standard InChI is InChI=1S/C16H21NO5S/c1-2-3-11-23(21,22)13-7-5-12(6-8-13)14(18)17-16(15(19)20)9-4-10-16/h5-8H,2-4,9-11H2,1H3,(H,17,18)(H,19,20). The predicted molar refractivity (Wildman–Crippen MR) is 85.1 cm³/mol. The summed E-state index contributed by atoms with van der Waals surface area (Å²) in [5, 5.41) is 11.8. The van der Waals surface area contributed by atoms with Gasteiger partial charge in [-0.2, -0.15) is 0 Å². The summed E-state index contributed by atoms with van der Waals surface area (Å²) in [7, 11) is -3.33. The first-order valence-electron chi connectivity index (χ1n) is 7.69. The normalized spacial score (nSPS) is 16.4. The van der Waals surface area contributed by atoms with Crippen molar-refractivity contribution < 1.29 is 23.1 Å². The average Bonchev–Trinajstić information content (AvgIpc) is 2.48. The summed E-state index contributed by atoms with van der Waals surface area (Å²) in [5.74, 6) is -1.45. The Balaban J connectivity index is 2.10. The summed E-state index contributed by atoms with van der Waals surface area (Å²) in [6.45, 7) is 1.92. The van der Waals surface area contributed by atoms with Gasteiger partial charge >= 0.3 is 5.97 Å². The lowest BCUT2D eigenvalue weighted by Gasteiger charge is -2.38. The van der Waals surface area contributed by atoms with Crippen LogP contribution in [0.4, 0.5) is 0 Å². The molecule has 1 aromatic carbocycles. The van der Waals surface area contributed by atoms with Gasteiger partial charge in [-0.1, -0.05) is 13.3 Å². The number of rotatable bonds is 7. The van der Waals surface area contributed by atoms with Gasteiger partial charge in [0.05, 0.1) is 10.6 Å². The molecule has 0 aromatic heterocycles. The second kappa shape index (κ2) is 6.70. The minimum absolute atomic E-state index is 0.0805. The van der Waals surface area contributed by atoms with E-state index >= 15 is 0 Å². The molecule has 0 saturated heterocycles. The SMILES string of the molecule is CCCCS(=O)(=O)c1ccc(C(=O)NC2(C(=O)O)CCC2)cc1. The minimum Gasteiger partial charge on any atom is -0.480 e. The Hall–Kier alpha value is -1.89. The number of amides is 1. The van der Waals surface area contributed by atoms with Crippen LogP contribution in [0.2, 0.25) is 0 Å². The van der Waals surface area contributed by atoms with Crippen LogP contribution in [0.1, 0.15) is 49.4 Å². The van der Waals surface area contributed by atoms with Crippen LogP contribution in [0.5, 0.6) is 0 Å². The molecular formula is C16H21NO5S. The van der Waals surface area contributed by atoms with E-state index in [4.69, 9.17) is 0 Å². The summed E-state index contributed by atoms with van der Waals surface area (Å²) in [4.78, 5) is 23.6. The van der Waals surface area contributed by atoms with E-state index in [1.54, 1.807) is 0 Å². The molecule has 2 rings (SSSR count). The van der Waals surface area contributed by atoms with E-state index in [9.17, 15) is 23.1 Å². The van der Waals surface area contributed by atoms with Gasteiger partial charge in [-0.05, 0) is 49.9 Å². The number of carbonyl (C=O) groups is 2. The third-order valence-corrected chi connectivity index (χ3v) is 6.03. The fraction of sp³-hybridized carbons (Fsp3) is 0.500. The molecule has 0 aliphatic heterocycles. The van der Waals surface area contributed by atoms with E-state index in [0.29, 0.717) is 19.3 Å². The molecule has 0 heterocycles. The number of carboxylic acids is 1. The number of carbonyl (C=O) groups excluding carboxylic acids is 1. The fourth-order valence-electron chi connectivity index (χ4n) is 2.48. The zero-order valence-corrected chi connectivity index (χ0v) is 13.9. The maximum atomic E-state index is 12.2. The minimum atomic E-state index is -3.33. The highest BCUT2D eigenvalue weighted by atomic mass is 32.2. The lowest BCUT2D eigenvalue weighted by Crippen LogP contribution is -2.59. The van der Waals surface area contributed by atoms with E-state index in [2.05, 4.69) is 5.32 Å². The summed E-state index contributed by atoms with van der Waals surface area (Å²) in [5.41, 5.74) is -0.921. The zero-order chi connectivity index (χ0) is 17.1. The summed E-state index contributed by atoms with van der Waals surface area (Å²) in [6.07, 6.45) is 2.97. The van der Waals surface area contributed by atoms with Crippen molar-refractivity contribution in [3.63, 3.8) is 0 Å². The molecule has 1 fully saturated rings. The number of hydrogen-bond donors (Lipinski definition) is 2. The second-order valence-corrected chi connectivity index (χ2v) is 8.00. The quantitative estimate of drug-likeness (QED) is 0.791. The molecule has 0 unspecified atom stereocenters. The van der Waals surface area contributed by atoms with Crippen LogP contribution in [0.15, 0.2) is 29.2 Å². The van der Waals surface area contributed by atoms with Crippen molar-refractivity contribution in [2.24, 2.45) is 0 Å². The topological polar surface area (TPSA) is 101 Å². The highest BCUT2D eigenvalue weighted by Crippen LogP contribution is 2.32. The number of benzene rings is 1. The first kappa shape index (κ1) is 17.5. The highest BCUT2D eigenvalue weighted by Gasteiger charge is 2.45. The fourth-order valence-corrected chi connectivity index (χ4v) is 3.93. The van der Waals surface area contributed by atoms with E-state index < -0.39 is 27.3 Å². The second-order valence-electron chi connectivity index (χ2n) is 5.89. The Morgan fingerprint density at radius 1 is 1.22 bits per heavy atom. The summed E-state index contributed by atoms with van der Waals surface area (Å²) in [6, 6.07) is 5.63. The van der Waals surface area contributed by atoms with Crippen LogP contribution in [-0.2, 0) is 14.6 Å². The molecule has 0 spiro atoms. The van der Waals surface area contributed by atoms with Gasteiger partial charge in [-0.25, -0.2) is 13.2 Å². The van der Waals surface area contributed by atoms with Crippen LogP contribution in [0.3, 0.4) is 0 Å². The van der Waals surface area contributed by atoms with Crippen molar-refractivity contribution in [1.82, 2.24) is 5.32 Å². The third kappa shape index (κ3) is 3.72. The average molecular weight is 339 g/mol. The van der Waals surface area contributed by atoms with Crippen LogP contribution < -0.4 is 5.32 Å². The van der Waals surface area contributed by atoms with Crippen molar-refractivity contribution >= 4 is 21.7 Å². The predicted octanol–water partition coefficient (Wildman–Crippen LogP) is 2.00. The monoisotopic (exact) mass is 339 g/mol. The Labute approximate surface area is 135 Å².